The molecule has 0 aromatic heterocycles. The van der Waals surface area contributed by atoms with E-state index in [1.54, 1.807) is 18.2 Å². The van der Waals surface area contributed by atoms with Crippen molar-refractivity contribution in [1.82, 2.24) is 4.72 Å². The minimum Gasteiger partial charge on any atom is -0.490 e. The van der Waals surface area contributed by atoms with Crippen LogP contribution >= 0.6 is 11.6 Å². The van der Waals surface area contributed by atoms with Crippen molar-refractivity contribution in [3.63, 3.8) is 0 Å². The van der Waals surface area contributed by atoms with E-state index < -0.39 is 22.0 Å². The van der Waals surface area contributed by atoms with E-state index in [9.17, 15) is 18.3 Å². The Hall–Kier alpha value is -2.55. The predicted octanol–water partition coefficient (Wildman–Crippen LogP) is 4.86. The molecule has 0 saturated heterocycles. The van der Waals surface area contributed by atoms with E-state index in [2.05, 4.69) is 21.8 Å². The van der Waals surface area contributed by atoms with Crippen LogP contribution in [0, 0.1) is 17.8 Å². The van der Waals surface area contributed by atoms with Gasteiger partial charge >= 0.3 is 0 Å². The molecule has 1 saturated carbocycles. The number of aliphatic hydroxyl groups excluding tert-OH is 1. The molecular weight excluding hydrogens is 548 g/mol. The van der Waals surface area contributed by atoms with Gasteiger partial charge in [-0.2, -0.15) is 0 Å². The molecular formula is C31H37ClN2O5S. The zero-order chi connectivity index (χ0) is 28.1. The Morgan fingerprint density at radius 2 is 2.02 bits per heavy atom. The van der Waals surface area contributed by atoms with Crippen molar-refractivity contribution in [1.29, 1.82) is 0 Å². The van der Waals surface area contributed by atoms with Gasteiger partial charge < -0.3 is 14.7 Å². The van der Waals surface area contributed by atoms with E-state index >= 15 is 0 Å². The number of anilines is 1. The molecule has 1 spiro atoms. The largest absolute Gasteiger partial charge is 0.490 e. The fraction of sp³-hybridized carbons (Fsp3) is 0.516. The van der Waals surface area contributed by atoms with E-state index in [4.69, 9.17) is 16.3 Å². The summed E-state index contributed by atoms with van der Waals surface area (Å²) in [5, 5.41) is 11.8. The van der Waals surface area contributed by atoms with Crippen LogP contribution in [-0.2, 0) is 21.9 Å². The number of hydrogen-bond donors (Lipinski definition) is 2. The Morgan fingerprint density at radius 3 is 2.83 bits per heavy atom. The Bertz CT molecular complexity index is 1440. The molecule has 1 fully saturated rings. The van der Waals surface area contributed by atoms with Crippen LogP contribution in [0.5, 0.6) is 5.75 Å². The molecule has 2 N–H and O–H groups in total. The fourth-order valence-corrected chi connectivity index (χ4v) is 8.65. The number of nitrogens with zero attached hydrogens (tertiary/aromatic N) is 1. The summed E-state index contributed by atoms with van der Waals surface area (Å²) in [4.78, 5) is 15.5. The van der Waals surface area contributed by atoms with Gasteiger partial charge in [-0.15, -0.1) is 0 Å². The second kappa shape index (κ2) is 10.7. The average molecular weight is 585 g/mol. The number of rotatable bonds is 0. The van der Waals surface area contributed by atoms with Crippen LogP contribution in [0.1, 0.15) is 60.5 Å². The summed E-state index contributed by atoms with van der Waals surface area (Å²) in [7, 11) is -3.83. The highest BCUT2D eigenvalue weighted by atomic mass is 35.5. The SMILES string of the molecule is C[C@@H]1C/C=C/[C@H](O)[C@@H]2CC[C@H]2CN2C[C@@]3(CCCc4cc(Cl)ccc43)COc3ccc(cc32)C(=O)NS(=O)(=O)C1. The van der Waals surface area contributed by atoms with Gasteiger partial charge in [-0.25, -0.2) is 13.1 Å². The summed E-state index contributed by atoms with van der Waals surface area (Å²) in [6, 6.07) is 11.4. The number of fused-ring (bicyclic) bond motifs is 4. The first-order valence-corrected chi connectivity index (χ1v) is 16.4. The Kier molecular flexibility index (Phi) is 7.38. The summed E-state index contributed by atoms with van der Waals surface area (Å²) < 4.78 is 34.4. The molecule has 7 nitrogen and oxygen atoms in total. The number of allylic oxidation sites excluding steroid dienone is 1. The molecule has 2 aliphatic heterocycles. The zero-order valence-electron chi connectivity index (χ0n) is 22.8. The molecule has 1 amide bonds. The van der Waals surface area contributed by atoms with E-state index in [0.717, 1.165) is 49.4 Å². The predicted molar refractivity (Wildman–Crippen MR) is 157 cm³/mol. The van der Waals surface area contributed by atoms with Crippen LogP contribution < -0.4 is 14.4 Å². The van der Waals surface area contributed by atoms with Crippen molar-refractivity contribution >= 4 is 33.2 Å². The third-order valence-corrected chi connectivity index (χ3v) is 11.0. The lowest BCUT2D eigenvalue weighted by molar-refractivity contribution is 0.0456. The maximum atomic E-state index is 13.2. The molecule has 214 valence electrons. The number of hydrogen-bond acceptors (Lipinski definition) is 6. The van der Waals surface area contributed by atoms with Gasteiger partial charge in [0.2, 0.25) is 10.0 Å². The highest BCUT2D eigenvalue weighted by Crippen LogP contribution is 2.46. The van der Waals surface area contributed by atoms with E-state index in [1.165, 1.54) is 11.1 Å². The molecule has 9 heteroatoms. The Morgan fingerprint density at radius 1 is 1.18 bits per heavy atom. The minimum atomic E-state index is -3.83. The number of sulfonamides is 1. The van der Waals surface area contributed by atoms with Crippen molar-refractivity contribution in [3.8, 4) is 5.75 Å². The first-order chi connectivity index (χ1) is 19.1. The number of amides is 1. The maximum absolute atomic E-state index is 13.2. The average Bonchev–Trinajstić information content (AvgIpc) is 3.02. The van der Waals surface area contributed by atoms with Gasteiger partial charge in [0.05, 0.1) is 24.2 Å². The smallest absolute Gasteiger partial charge is 0.264 e. The summed E-state index contributed by atoms with van der Waals surface area (Å²) >= 11 is 6.37. The van der Waals surface area contributed by atoms with Gasteiger partial charge in [-0.05, 0) is 97.7 Å². The standard InChI is InChI=1S/C31H37ClN2O5S/c1-20-4-2-6-28(35)25-10-7-23(25)16-34-18-31(13-3-5-21-14-24(32)9-11-26(21)31)19-39-29-12-8-22(15-27(29)34)30(36)33-40(37,38)17-20/h2,6,8-9,11-12,14-15,20,23,25,28,35H,3-5,7,10,13,16-19H2,1H3,(H,33,36)/b6-2+/t20-,23+,25-,28+,31+/m1/s1. The molecule has 2 aromatic rings. The van der Waals surface area contributed by atoms with Crippen LogP contribution in [0.3, 0.4) is 0 Å². The number of halogens is 1. The number of carbonyl (C=O) groups is 1. The molecule has 2 heterocycles. The van der Waals surface area contributed by atoms with Crippen LogP contribution in [0.15, 0.2) is 48.6 Å². The number of aryl methyl sites for hydroxylation is 1. The molecule has 4 aliphatic rings. The van der Waals surface area contributed by atoms with Crippen molar-refractivity contribution in [2.75, 3.05) is 30.3 Å². The summed E-state index contributed by atoms with van der Waals surface area (Å²) in [5.74, 6) is 0.112. The fourth-order valence-electron chi connectivity index (χ4n) is 7.09. The normalized spacial score (nSPS) is 32.5. The number of benzene rings is 2. The van der Waals surface area contributed by atoms with Crippen LogP contribution in [0.2, 0.25) is 5.02 Å². The summed E-state index contributed by atoms with van der Waals surface area (Å²) in [6.45, 7) is 3.75. The molecule has 0 radical (unpaired) electrons. The molecule has 5 atom stereocenters. The summed E-state index contributed by atoms with van der Waals surface area (Å²) in [5.41, 5.74) is 3.34. The first kappa shape index (κ1) is 27.6. The van der Waals surface area contributed by atoms with Gasteiger partial charge in [0, 0.05) is 29.1 Å². The quantitative estimate of drug-likeness (QED) is 0.430. The third kappa shape index (κ3) is 5.38. The maximum Gasteiger partial charge on any atom is 0.264 e. The van der Waals surface area contributed by atoms with Crippen molar-refractivity contribution < 1.29 is 23.1 Å². The van der Waals surface area contributed by atoms with Gasteiger partial charge in [-0.3, -0.25) is 4.79 Å². The van der Waals surface area contributed by atoms with Crippen LogP contribution in [0.4, 0.5) is 5.69 Å². The molecule has 2 bridgehead atoms. The van der Waals surface area contributed by atoms with E-state index in [-0.39, 0.29) is 28.6 Å². The lowest BCUT2D eigenvalue weighted by atomic mass is 9.68. The van der Waals surface area contributed by atoms with Crippen LogP contribution in [0.25, 0.3) is 0 Å². The first-order valence-electron chi connectivity index (χ1n) is 14.3. The van der Waals surface area contributed by atoms with Gasteiger partial charge in [0.15, 0.2) is 0 Å². The highest BCUT2D eigenvalue weighted by Gasteiger charge is 2.44. The third-order valence-electron chi connectivity index (χ3n) is 9.29. The number of aliphatic hydroxyl groups is 1. The van der Waals surface area contributed by atoms with Crippen molar-refractivity contribution in [2.45, 2.75) is 57.0 Å². The monoisotopic (exact) mass is 584 g/mol. The zero-order valence-corrected chi connectivity index (χ0v) is 24.4. The minimum absolute atomic E-state index is 0.135. The number of ether oxygens (including phenoxy) is 1. The lowest BCUT2D eigenvalue weighted by Gasteiger charge is -2.45. The summed E-state index contributed by atoms with van der Waals surface area (Å²) in [6.07, 6.45) is 8.59. The van der Waals surface area contributed by atoms with Crippen molar-refractivity contribution in [2.24, 2.45) is 17.8 Å². The molecule has 40 heavy (non-hydrogen) atoms. The molecule has 2 aromatic carbocycles. The van der Waals surface area contributed by atoms with Gasteiger partial charge in [0.25, 0.3) is 5.91 Å². The molecule has 0 unspecified atom stereocenters. The molecule has 2 aliphatic carbocycles. The molecule has 6 rings (SSSR count). The van der Waals surface area contributed by atoms with E-state index in [1.807, 2.05) is 25.1 Å². The lowest BCUT2D eigenvalue weighted by Crippen LogP contribution is -2.49. The van der Waals surface area contributed by atoms with Gasteiger partial charge in [0.1, 0.15) is 5.75 Å². The van der Waals surface area contributed by atoms with E-state index in [0.29, 0.717) is 31.2 Å². The number of carbonyl (C=O) groups excluding carboxylic acids is 1. The second-order valence-electron chi connectivity index (χ2n) is 12.3. The number of nitrogens with one attached hydrogen (secondary N) is 1. The Balaban J connectivity index is 1.42. The highest BCUT2D eigenvalue weighted by molar-refractivity contribution is 7.90. The van der Waals surface area contributed by atoms with Crippen LogP contribution in [-0.4, -0.2) is 51.0 Å². The Labute approximate surface area is 241 Å². The van der Waals surface area contributed by atoms with Crippen molar-refractivity contribution in [3.05, 3.63) is 70.3 Å². The second-order valence-corrected chi connectivity index (χ2v) is 14.5. The van der Waals surface area contributed by atoms with Gasteiger partial charge in [-0.1, -0.05) is 36.7 Å². The topological polar surface area (TPSA) is 95.9 Å².